The van der Waals surface area contributed by atoms with Gasteiger partial charge in [0.2, 0.25) is 0 Å². The Morgan fingerprint density at radius 3 is 2.30 bits per heavy atom. The van der Waals surface area contributed by atoms with E-state index in [0.717, 1.165) is 11.3 Å². The molecule has 0 saturated carbocycles. The van der Waals surface area contributed by atoms with Crippen LogP contribution in [-0.4, -0.2) is 25.1 Å². The number of hydrogen-bond acceptors (Lipinski definition) is 5. The van der Waals surface area contributed by atoms with Gasteiger partial charge >= 0.3 is 11.9 Å². The average molecular weight is 313 g/mol. The van der Waals surface area contributed by atoms with E-state index < -0.39 is 0 Å². The first-order valence-corrected chi connectivity index (χ1v) is 7.39. The lowest BCUT2D eigenvalue weighted by molar-refractivity contribution is -0.142. The first-order valence-electron chi connectivity index (χ1n) is 7.39. The molecule has 0 aliphatic carbocycles. The fraction of sp³-hybridized carbons (Fsp3) is 0.222. The van der Waals surface area contributed by atoms with Crippen molar-refractivity contribution in [3.63, 3.8) is 0 Å². The summed E-state index contributed by atoms with van der Waals surface area (Å²) in [4.78, 5) is 23.2. The normalized spacial score (nSPS) is 9.96. The molecule has 2 rings (SSSR count). The molecule has 0 aromatic heterocycles. The number of esters is 2. The Bertz CT molecular complexity index is 638. The van der Waals surface area contributed by atoms with Gasteiger partial charge in [0.25, 0.3) is 0 Å². The van der Waals surface area contributed by atoms with E-state index in [0.29, 0.717) is 12.2 Å². The van der Waals surface area contributed by atoms with Gasteiger partial charge in [-0.3, -0.25) is 4.79 Å². The van der Waals surface area contributed by atoms with Crippen molar-refractivity contribution < 1.29 is 19.1 Å². The van der Waals surface area contributed by atoms with E-state index in [1.807, 2.05) is 30.3 Å². The molecule has 0 aliphatic heterocycles. The van der Waals surface area contributed by atoms with E-state index in [1.54, 1.807) is 31.2 Å². The summed E-state index contributed by atoms with van der Waals surface area (Å²) in [6.45, 7) is 2.37. The van der Waals surface area contributed by atoms with E-state index in [1.165, 1.54) is 0 Å². The Morgan fingerprint density at radius 1 is 0.957 bits per heavy atom. The summed E-state index contributed by atoms with van der Waals surface area (Å²) in [7, 11) is 0. The van der Waals surface area contributed by atoms with Crippen LogP contribution in [0, 0.1) is 0 Å². The second-order valence-corrected chi connectivity index (χ2v) is 4.80. The molecule has 0 fully saturated rings. The minimum atomic E-state index is -0.358. The quantitative estimate of drug-likeness (QED) is 0.796. The lowest BCUT2D eigenvalue weighted by Gasteiger charge is -2.08. The van der Waals surface area contributed by atoms with E-state index >= 15 is 0 Å². The van der Waals surface area contributed by atoms with Crippen LogP contribution in [0.15, 0.2) is 54.6 Å². The minimum Gasteiger partial charge on any atom is -0.462 e. The van der Waals surface area contributed by atoms with Crippen molar-refractivity contribution in [3.8, 4) is 0 Å². The predicted molar refractivity (Wildman–Crippen MR) is 87.1 cm³/mol. The molecule has 2 aromatic carbocycles. The zero-order chi connectivity index (χ0) is 16.5. The summed E-state index contributed by atoms with van der Waals surface area (Å²) >= 11 is 0. The molecule has 23 heavy (non-hydrogen) atoms. The summed E-state index contributed by atoms with van der Waals surface area (Å²) < 4.78 is 10.1. The number of benzene rings is 2. The molecule has 5 heteroatoms. The van der Waals surface area contributed by atoms with Crippen LogP contribution in [0.5, 0.6) is 0 Å². The molecule has 2 aromatic rings. The van der Waals surface area contributed by atoms with Gasteiger partial charge in [-0.05, 0) is 36.8 Å². The highest BCUT2D eigenvalue weighted by molar-refractivity contribution is 5.89. The predicted octanol–water partition coefficient (Wildman–Crippen LogP) is 3.02. The summed E-state index contributed by atoms with van der Waals surface area (Å²) in [5, 5.41) is 2.98. The molecule has 0 saturated heterocycles. The molecular weight excluding hydrogens is 294 g/mol. The van der Waals surface area contributed by atoms with Crippen LogP contribution in [0.3, 0.4) is 0 Å². The van der Waals surface area contributed by atoms with Gasteiger partial charge in [0.05, 0.1) is 12.2 Å². The Morgan fingerprint density at radius 2 is 1.65 bits per heavy atom. The molecule has 0 aliphatic rings. The highest BCUT2D eigenvalue weighted by Crippen LogP contribution is 2.08. The summed E-state index contributed by atoms with van der Waals surface area (Å²) in [6, 6.07) is 16.2. The second kappa shape index (κ2) is 8.58. The molecule has 0 radical (unpaired) electrons. The van der Waals surface area contributed by atoms with E-state index in [9.17, 15) is 9.59 Å². The molecule has 0 bridgehead atoms. The summed E-state index contributed by atoms with van der Waals surface area (Å²) in [5.74, 6) is -0.702. The maximum atomic E-state index is 11.7. The van der Waals surface area contributed by atoms with Crippen molar-refractivity contribution in [2.75, 3.05) is 18.5 Å². The van der Waals surface area contributed by atoms with Gasteiger partial charge in [0.1, 0.15) is 13.2 Å². The molecule has 120 valence electrons. The first-order chi connectivity index (χ1) is 11.2. The van der Waals surface area contributed by atoms with Crippen LogP contribution >= 0.6 is 0 Å². The third-order valence-electron chi connectivity index (χ3n) is 3.08. The van der Waals surface area contributed by atoms with Crippen LogP contribution in [-0.2, 0) is 20.9 Å². The van der Waals surface area contributed by atoms with E-state index in [-0.39, 0.29) is 25.1 Å². The number of rotatable bonds is 7. The molecule has 0 spiro atoms. The van der Waals surface area contributed by atoms with Crippen LogP contribution in [0.1, 0.15) is 22.8 Å². The van der Waals surface area contributed by atoms with Crippen molar-refractivity contribution in [2.24, 2.45) is 0 Å². The topological polar surface area (TPSA) is 64.6 Å². The van der Waals surface area contributed by atoms with Crippen molar-refractivity contribution in [1.82, 2.24) is 0 Å². The number of ether oxygens (including phenoxy) is 2. The number of para-hydroxylation sites is 1. The number of carbonyl (C=O) groups excluding carboxylic acids is 2. The standard InChI is InChI=1S/C18H19NO4/c1-2-22-18(21)15-10-8-14(9-11-15)13-23-17(20)12-19-16-6-4-3-5-7-16/h3-11,19H,2,12-13H2,1H3. The molecule has 0 unspecified atom stereocenters. The van der Waals surface area contributed by atoms with Gasteiger partial charge in [0, 0.05) is 5.69 Å². The smallest absolute Gasteiger partial charge is 0.338 e. The Hall–Kier alpha value is -2.82. The lowest BCUT2D eigenvalue weighted by Crippen LogP contribution is -2.16. The number of hydrogen-bond donors (Lipinski definition) is 1. The van der Waals surface area contributed by atoms with Gasteiger partial charge in [-0.15, -0.1) is 0 Å². The molecule has 5 nitrogen and oxygen atoms in total. The second-order valence-electron chi connectivity index (χ2n) is 4.80. The number of nitrogens with one attached hydrogen (secondary N) is 1. The van der Waals surface area contributed by atoms with Gasteiger partial charge < -0.3 is 14.8 Å². The third kappa shape index (κ3) is 5.47. The van der Waals surface area contributed by atoms with E-state index in [4.69, 9.17) is 9.47 Å². The molecule has 1 N–H and O–H groups in total. The molecular formula is C18H19NO4. The maximum absolute atomic E-state index is 11.7. The average Bonchev–Trinajstić information content (AvgIpc) is 2.59. The van der Waals surface area contributed by atoms with Crippen LogP contribution in [0.4, 0.5) is 5.69 Å². The maximum Gasteiger partial charge on any atom is 0.338 e. The van der Waals surface area contributed by atoms with Crippen molar-refractivity contribution in [2.45, 2.75) is 13.5 Å². The van der Waals surface area contributed by atoms with Gasteiger partial charge in [-0.25, -0.2) is 4.79 Å². The highest BCUT2D eigenvalue weighted by Gasteiger charge is 2.07. The van der Waals surface area contributed by atoms with Crippen LogP contribution in [0.2, 0.25) is 0 Å². The SMILES string of the molecule is CCOC(=O)c1ccc(COC(=O)CNc2ccccc2)cc1. The fourth-order valence-corrected chi connectivity index (χ4v) is 1.90. The zero-order valence-corrected chi connectivity index (χ0v) is 13.0. The lowest BCUT2D eigenvalue weighted by atomic mass is 10.1. The van der Waals surface area contributed by atoms with Crippen LogP contribution in [0.25, 0.3) is 0 Å². The minimum absolute atomic E-state index is 0.102. The Labute approximate surface area is 135 Å². The molecule has 0 amide bonds. The molecule has 0 atom stereocenters. The number of anilines is 1. The monoisotopic (exact) mass is 313 g/mol. The van der Waals surface area contributed by atoms with Crippen molar-refractivity contribution in [1.29, 1.82) is 0 Å². The van der Waals surface area contributed by atoms with Gasteiger partial charge in [0.15, 0.2) is 0 Å². The van der Waals surface area contributed by atoms with Crippen LogP contribution < -0.4 is 5.32 Å². The fourth-order valence-electron chi connectivity index (χ4n) is 1.90. The highest BCUT2D eigenvalue weighted by atomic mass is 16.5. The molecule has 0 heterocycles. The van der Waals surface area contributed by atoms with Crippen molar-refractivity contribution in [3.05, 3.63) is 65.7 Å². The third-order valence-corrected chi connectivity index (χ3v) is 3.08. The Balaban J connectivity index is 1.77. The first kappa shape index (κ1) is 16.5. The number of carbonyl (C=O) groups is 2. The van der Waals surface area contributed by atoms with Gasteiger partial charge in [-0.2, -0.15) is 0 Å². The van der Waals surface area contributed by atoms with E-state index in [2.05, 4.69) is 5.32 Å². The summed E-state index contributed by atoms with van der Waals surface area (Å²) in [6.07, 6.45) is 0. The summed E-state index contributed by atoms with van der Waals surface area (Å²) in [5.41, 5.74) is 2.15. The van der Waals surface area contributed by atoms with Crippen molar-refractivity contribution >= 4 is 17.6 Å². The van der Waals surface area contributed by atoms with Gasteiger partial charge in [-0.1, -0.05) is 30.3 Å². The largest absolute Gasteiger partial charge is 0.462 e. The Kier molecular flexibility index (Phi) is 6.17. The zero-order valence-electron chi connectivity index (χ0n) is 13.0.